The van der Waals surface area contributed by atoms with Crippen molar-refractivity contribution in [3.63, 3.8) is 0 Å². The van der Waals surface area contributed by atoms with Gasteiger partial charge in [0.2, 0.25) is 0 Å². The predicted molar refractivity (Wildman–Crippen MR) is 91.6 cm³/mol. The summed E-state index contributed by atoms with van der Waals surface area (Å²) >= 11 is 0. The maximum atomic E-state index is 12.0. The van der Waals surface area contributed by atoms with Crippen molar-refractivity contribution >= 4 is 12.1 Å². The molecule has 0 bridgehead atoms. The number of rotatable bonds is 5. The van der Waals surface area contributed by atoms with Gasteiger partial charge in [-0.05, 0) is 25.1 Å². The maximum absolute atomic E-state index is 12.0. The zero-order valence-corrected chi connectivity index (χ0v) is 14.3. The van der Waals surface area contributed by atoms with Gasteiger partial charge < -0.3 is 9.84 Å². The van der Waals surface area contributed by atoms with Crippen molar-refractivity contribution < 1.29 is 14.6 Å². The number of phenolic OH excluding ortho intramolecular Hbond substituents is 1. The molecule has 3 N–H and O–H groups in total. The third kappa shape index (κ3) is 4.13. The van der Waals surface area contributed by atoms with Crippen molar-refractivity contribution in [2.24, 2.45) is 5.10 Å². The second-order valence-electron chi connectivity index (χ2n) is 6.24. The number of hydrazone groups is 1. The molecule has 0 unspecified atom stereocenters. The van der Waals surface area contributed by atoms with E-state index >= 15 is 0 Å². The Kier molecular flexibility index (Phi) is 5.23. The summed E-state index contributed by atoms with van der Waals surface area (Å²) in [5.74, 6) is -0.0829. The van der Waals surface area contributed by atoms with Crippen LogP contribution in [0.5, 0.6) is 11.5 Å². The highest BCUT2D eigenvalue weighted by atomic mass is 16.5. The van der Waals surface area contributed by atoms with Crippen LogP contribution in [0.1, 0.15) is 49.4 Å². The van der Waals surface area contributed by atoms with Crippen LogP contribution < -0.4 is 10.2 Å². The minimum atomic E-state index is -0.432. The zero-order valence-electron chi connectivity index (χ0n) is 14.3. The van der Waals surface area contributed by atoms with Crippen molar-refractivity contribution in [2.75, 3.05) is 6.61 Å². The number of aromatic amines is 1. The van der Waals surface area contributed by atoms with Gasteiger partial charge in [0, 0.05) is 16.7 Å². The molecule has 1 heterocycles. The first-order valence-electron chi connectivity index (χ1n) is 7.67. The number of amides is 1. The number of hydrogen-bond donors (Lipinski definition) is 3. The van der Waals surface area contributed by atoms with E-state index in [-0.39, 0.29) is 16.9 Å². The topological polar surface area (TPSA) is 99.6 Å². The number of para-hydroxylation sites is 1. The number of carbonyl (C=O) groups is 1. The Morgan fingerprint density at radius 2 is 2.21 bits per heavy atom. The van der Waals surface area contributed by atoms with Gasteiger partial charge in [-0.15, -0.1) is 0 Å². The highest BCUT2D eigenvalue weighted by Gasteiger charge is 2.19. The lowest BCUT2D eigenvalue weighted by atomic mass is 9.92. The monoisotopic (exact) mass is 330 g/mol. The van der Waals surface area contributed by atoms with Gasteiger partial charge in [0.1, 0.15) is 0 Å². The average Bonchev–Trinajstić information content (AvgIpc) is 3.01. The van der Waals surface area contributed by atoms with Gasteiger partial charge >= 0.3 is 0 Å². The number of aromatic nitrogens is 2. The Bertz CT molecular complexity index is 745. The molecular weight excluding hydrogens is 308 g/mol. The molecule has 7 heteroatoms. The number of hydrogen-bond acceptors (Lipinski definition) is 5. The molecule has 0 aliphatic heterocycles. The molecular formula is C17H22N4O3. The largest absolute Gasteiger partial charge is 0.504 e. The third-order valence-corrected chi connectivity index (χ3v) is 3.32. The number of carbonyl (C=O) groups excluding carboxylic acids is 1. The first-order chi connectivity index (χ1) is 11.3. The molecule has 1 aromatic carbocycles. The van der Waals surface area contributed by atoms with Crippen molar-refractivity contribution in [1.82, 2.24) is 15.6 Å². The number of phenols is 1. The summed E-state index contributed by atoms with van der Waals surface area (Å²) in [6.45, 7) is 8.34. The Morgan fingerprint density at radius 3 is 2.83 bits per heavy atom. The van der Waals surface area contributed by atoms with Crippen LogP contribution >= 0.6 is 0 Å². The summed E-state index contributed by atoms with van der Waals surface area (Å²) in [5, 5.41) is 20.7. The summed E-state index contributed by atoms with van der Waals surface area (Å²) in [6, 6.07) is 6.75. The number of nitrogens with zero attached hydrogens (tertiary/aromatic N) is 2. The smallest absolute Gasteiger partial charge is 0.291 e. The molecule has 0 saturated heterocycles. The first-order valence-corrected chi connectivity index (χ1v) is 7.67. The van der Waals surface area contributed by atoms with E-state index < -0.39 is 5.91 Å². The summed E-state index contributed by atoms with van der Waals surface area (Å²) in [6.07, 6.45) is 1.35. The van der Waals surface area contributed by atoms with Crippen molar-refractivity contribution in [3.05, 3.63) is 41.2 Å². The van der Waals surface area contributed by atoms with E-state index in [2.05, 4.69) is 20.7 Å². The Morgan fingerprint density at radius 1 is 1.46 bits per heavy atom. The second kappa shape index (κ2) is 7.16. The van der Waals surface area contributed by atoms with Gasteiger partial charge in [0.15, 0.2) is 17.2 Å². The van der Waals surface area contributed by atoms with Crippen LogP contribution in [-0.2, 0) is 5.41 Å². The van der Waals surface area contributed by atoms with Gasteiger partial charge in [-0.25, -0.2) is 5.43 Å². The standard InChI is InChI=1S/C17H22N4O3/c1-5-24-13-8-6-7-11(15(13)22)10-18-21-16(23)12-9-14(20-19-12)17(2,3)4/h6-10,22H,5H2,1-4H3,(H,19,20)(H,21,23). The first kappa shape index (κ1) is 17.5. The molecule has 0 saturated carbocycles. The van der Waals surface area contributed by atoms with Gasteiger partial charge in [0.05, 0.1) is 12.8 Å². The van der Waals surface area contributed by atoms with Crippen molar-refractivity contribution in [3.8, 4) is 11.5 Å². The second-order valence-corrected chi connectivity index (χ2v) is 6.24. The number of benzene rings is 1. The maximum Gasteiger partial charge on any atom is 0.291 e. The molecule has 0 aliphatic carbocycles. The van der Waals surface area contributed by atoms with E-state index in [0.717, 1.165) is 5.69 Å². The third-order valence-electron chi connectivity index (χ3n) is 3.32. The molecule has 1 aromatic heterocycles. The van der Waals surface area contributed by atoms with Crippen LogP contribution in [0.2, 0.25) is 0 Å². The van der Waals surface area contributed by atoms with Gasteiger partial charge in [0.25, 0.3) is 5.91 Å². The molecule has 1 amide bonds. The van der Waals surface area contributed by atoms with E-state index in [4.69, 9.17) is 4.74 Å². The van der Waals surface area contributed by atoms with Gasteiger partial charge in [-0.1, -0.05) is 26.8 Å². The fourth-order valence-electron chi connectivity index (χ4n) is 1.96. The van der Waals surface area contributed by atoms with Crippen LogP contribution in [0.3, 0.4) is 0 Å². The molecule has 2 rings (SSSR count). The van der Waals surface area contributed by atoms with E-state index in [0.29, 0.717) is 17.9 Å². The molecule has 0 radical (unpaired) electrons. The predicted octanol–water partition coefficient (Wildman–Crippen LogP) is 2.58. The summed E-state index contributed by atoms with van der Waals surface area (Å²) in [5.41, 5.74) is 3.82. The Hall–Kier alpha value is -2.83. The van der Waals surface area contributed by atoms with Crippen LogP contribution in [-0.4, -0.2) is 34.0 Å². The normalized spacial score (nSPS) is 11.7. The molecule has 2 aromatic rings. The van der Waals surface area contributed by atoms with Gasteiger partial charge in [-0.3, -0.25) is 9.89 Å². The van der Waals surface area contributed by atoms with Gasteiger partial charge in [-0.2, -0.15) is 10.2 Å². The van der Waals surface area contributed by atoms with Crippen molar-refractivity contribution in [2.45, 2.75) is 33.1 Å². The Labute approximate surface area is 140 Å². The minimum Gasteiger partial charge on any atom is -0.504 e. The zero-order chi connectivity index (χ0) is 17.7. The lowest BCUT2D eigenvalue weighted by Gasteiger charge is -2.14. The molecule has 128 valence electrons. The lowest BCUT2D eigenvalue weighted by Crippen LogP contribution is -2.18. The number of nitrogens with one attached hydrogen (secondary N) is 2. The molecule has 24 heavy (non-hydrogen) atoms. The van der Waals surface area contributed by atoms with Crippen LogP contribution in [0.4, 0.5) is 0 Å². The summed E-state index contributed by atoms with van der Waals surface area (Å²) in [4.78, 5) is 12.0. The minimum absolute atomic E-state index is 0.0212. The number of aromatic hydroxyl groups is 1. The fourth-order valence-corrected chi connectivity index (χ4v) is 1.96. The molecule has 0 fully saturated rings. The highest BCUT2D eigenvalue weighted by Crippen LogP contribution is 2.28. The van der Waals surface area contributed by atoms with Crippen molar-refractivity contribution in [1.29, 1.82) is 0 Å². The highest BCUT2D eigenvalue weighted by molar-refractivity contribution is 5.93. The van der Waals surface area contributed by atoms with E-state index in [1.54, 1.807) is 24.3 Å². The molecule has 0 spiro atoms. The summed E-state index contributed by atoms with van der Waals surface area (Å²) < 4.78 is 5.30. The quantitative estimate of drug-likeness (QED) is 0.579. The Balaban J connectivity index is 2.05. The van der Waals surface area contributed by atoms with E-state index in [9.17, 15) is 9.90 Å². The lowest BCUT2D eigenvalue weighted by molar-refractivity contribution is 0.0950. The fraction of sp³-hybridized carbons (Fsp3) is 0.353. The van der Waals surface area contributed by atoms with Crippen LogP contribution in [0, 0.1) is 0 Å². The molecule has 7 nitrogen and oxygen atoms in total. The SMILES string of the molecule is CCOc1cccc(C=NNC(=O)c2cc(C(C)(C)C)[nH]n2)c1O. The summed E-state index contributed by atoms with van der Waals surface area (Å²) in [7, 11) is 0. The average molecular weight is 330 g/mol. The van der Waals surface area contributed by atoms with E-state index in [1.807, 2.05) is 27.7 Å². The van der Waals surface area contributed by atoms with E-state index in [1.165, 1.54) is 6.21 Å². The molecule has 0 aliphatic rings. The molecule has 0 atom stereocenters. The van der Waals surface area contributed by atoms with Crippen LogP contribution in [0.15, 0.2) is 29.4 Å². The van der Waals surface area contributed by atoms with Crippen LogP contribution in [0.25, 0.3) is 0 Å². The number of ether oxygens (including phenoxy) is 1. The number of H-pyrrole nitrogens is 1.